The van der Waals surface area contributed by atoms with Gasteiger partial charge in [0, 0.05) is 18.2 Å². The maximum absolute atomic E-state index is 7.27. The SMILES string of the molecule is C(=Cc1ccccc1)COC12CCCC3Oc4c(OCc5ccccc5)ccc5c4[C@@]31CCN(CC1CC1)[C@@H]2C5. The van der Waals surface area contributed by atoms with E-state index < -0.39 is 0 Å². The summed E-state index contributed by atoms with van der Waals surface area (Å²) in [6.45, 7) is 3.54. The molecule has 0 amide bonds. The topological polar surface area (TPSA) is 30.9 Å². The van der Waals surface area contributed by atoms with Crippen LogP contribution >= 0.6 is 0 Å². The van der Waals surface area contributed by atoms with Gasteiger partial charge >= 0.3 is 0 Å². The van der Waals surface area contributed by atoms with Crippen LogP contribution < -0.4 is 9.47 Å². The number of rotatable bonds is 9. The summed E-state index contributed by atoms with van der Waals surface area (Å²) in [5.74, 6) is 2.76. The van der Waals surface area contributed by atoms with Crippen LogP contribution in [0, 0.1) is 5.92 Å². The lowest BCUT2D eigenvalue weighted by molar-refractivity contribution is -0.210. The Morgan fingerprint density at radius 2 is 1.75 bits per heavy atom. The average Bonchev–Trinajstić information content (AvgIpc) is 3.75. The van der Waals surface area contributed by atoms with Crippen LogP contribution in [0.15, 0.2) is 78.9 Å². The van der Waals surface area contributed by atoms with Crippen LogP contribution in [-0.2, 0) is 23.2 Å². The van der Waals surface area contributed by atoms with Gasteiger partial charge in [0.05, 0.1) is 17.6 Å². The molecule has 2 saturated carbocycles. The van der Waals surface area contributed by atoms with Crippen LogP contribution in [0.3, 0.4) is 0 Å². The zero-order valence-electron chi connectivity index (χ0n) is 23.3. The second-order valence-corrected chi connectivity index (χ2v) is 12.6. The van der Waals surface area contributed by atoms with E-state index in [1.165, 1.54) is 41.6 Å². The molecule has 3 aliphatic carbocycles. The Labute approximate surface area is 237 Å². The predicted octanol–water partition coefficient (Wildman–Crippen LogP) is 6.96. The molecule has 2 heterocycles. The number of hydrogen-bond acceptors (Lipinski definition) is 4. The minimum absolute atomic E-state index is 0.106. The van der Waals surface area contributed by atoms with E-state index in [1.54, 1.807) is 0 Å². The van der Waals surface area contributed by atoms with Gasteiger partial charge in [0.15, 0.2) is 11.5 Å². The van der Waals surface area contributed by atoms with Crippen molar-refractivity contribution in [1.29, 1.82) is 0 Å². The van der Waals surface area contributed by atoms with Gasteiger partial charge in [-0.15, -0.1) is 0 Å². The highest BCUT2D eigenvalue weighted by Crippen LogP contribution is 2.67. The van der Waals surface area contributed by atoms with Crippen LogP contribution in [0.1, 0.15) is 60.8 Å². The second kappa shape index (κ2) is 9.78. The van der Waals surface area contributed by atoms with Crippen molar-refractivity contribution in [2.24, 2.45) is 5.92 Å². The summed E-state index contributed by atoms with van der Waals surface area (Å²) in [6.07, 6.45) is 12.8. The van der Waals surface area contributed by atoms with Gasteiger partial charge in [0.1, 0.15) is 12.7 Å². The molecule has 1 saturated heterocycles. The van der Waals surface area contributed by atoms with Gasteiger partial charge in [-0.3, -0.25) is 4.90 Å². The summed E-state index contributed by atoms with van der Waals surface area (Å²) >= 11 is 0. The Bertz CT molecular complexity index is 1400. The quantitative estimate of drug-likeness (QED) is 0.298. The van der Waals surface area contributed by atoms with Crippen molar-refractivity contribution in [3.63, 3.8) is 0 Å². The summed E-state index contributed by atoms with van der Waals surface area (Å²) in [6, 6.07) is 25.9. The first-order valence-electron chi connectivity index (χ1n) is 15.4. The van der Waals surface area contributed by atoms with Gasteiger partial charge in [-0.1, -0.05) is 78.9 Å². The Balaban J connectivity index is 1.17. The molecule has 2 bridgehead atoms. The van der Waals surface area contributed by atoms with Crippen LogP contribution in [0.5, 0.6) is 11.5 Å². The van der Waals surface area contributed by atoms with E-state index in [0.717, 1.165) is 56.1 Å². The Morgan fingerprint density at radius 3 is 2.58 bits per heavy atom. The molecule has 3 fully saturated rings. The van der Waals surface area contributed by atoms with E-state index in [4.69, 9.17) is 14.2 Å². The van der Waals surface area contributed by atoms with E-state index in [2.05, 4.69) is 89.8 Å². The van der Waals surface area contributed by atoms with E-state index in [9.17, 15) is 0 Å². The maximum atomic E-state index is 7.27. The zero-order chi connectivity index (χ0) is 26.6. The molecule has 206 valence electrons. The molecule has 40 heavy (non-hydrogen) atoms. The summed E-state index contributed by atoms with van der Waals surface area (Å²) in [4.78, 5) is 2.81. The largest absolute Gasteiger partial charge is 0.485 e. The highest BCUT2D eigenvalue weighted by molar-refractivity contribution is 5.63. The van der Waals surface area contributed by atoms with Crippen LogP contribution in [-0.4, -0.2) is 42.3 Å². The molecule has 0 radical (unpaired) electrons. The molecule has 1 spiro atoms. The summed E-state index contributed by atoms with van der Waals surface area (Å²) in [7, 11) is 0. The highest BCUT2D eigenvalue weighted by atomic mass is 16.5. The van der Waals surface area contributed by atoms with Crippen LogP contribution in [0.4, 0.5) is 0 Å². The van der Waals surface area contributed by atoms with E-state index >= 15 is 0 Å². The maximum Gasteiger partial charge on any atom is 0.165 e. The standard InChI is InChI=1S/C36H39NO3/c1-3-9-26(10-4-1)13-8-22-39-36-19-7-14-32-35(36)20-21-37(24-27-15-16-27)31(36)23-29-17-18-30(34(40-32)33(29)35)38-25-28-11-5-2-6-12-28/h1-6,8-13,17-18,27,31-32H,7,14-16,19-25H2/t31-,32?,35-,36?/m1/s1. The number of piperidine rings is 1. The molecule has 4 atom stereocenters. The van der Waals surface area contributed by atoms with Crippen molar-refractivity contribution in [2.45, 2.75) is 74.7 Å². The second-order valence-electron chi connectivity index (χ2n) is 12.6. The number of benzene rings is 3. The molecular weight excluding hydrogens is 494 g/mol. The fraction of sp³-hybridized carbons (Fsp3) is 0.444. The average molecular weight is 534 g/mol. The Hall–Kier alpha value is -3.08. The Kier molecular flexibility index (Phi) is 6.04. The first kappa shape index (κ1) is 24.7. The van der Waals surface area contributed by atoms with E-state index in [1.807, 2.05) is 0 Å². The van der Waals surface area contributed by atoms with Gasteiger partial charge in [-0.2, -0.15) is 0 Å². The molecule has 8 rings (SSSR count). The lowest BCUT2D eigenvalue weighted by Crippen LogP contribution is -2.76. The third kappa shape index (κ3) is 3.87. The van der Waals surface area contributed by atoms with Crippen molar-refractivity contribution in [3.05, 3.63) is 101 Å². The van der Waals surface area contributed by atoms with E-state index in [0.29, 0.717) is 19.3 Å². The van der Waals surface area contributed by atoms with E-state index in [-0.39, 0.29) is 17.1 Å². The molecule has 4 heteroatoms. The fourth-order valence-corrected chi connectivity index (χ4v) is 8.52. The first-order valence-corrected chi connectivity index (χ1v) is 15.4. The minimum Gasteiger partial charge on any atom is -0.485 e. The molecule has 3 aromatic rings. The molecular formula is C36H39NO3. The molecule has 2 aliphatic heterocycles. The predicted molar refractivity (Wildman–Crippen MR) is 158 cm³/mol. The van der Waals surface area contributed by atoms with Crippen molar-refractivity contribution >= 4 is 6.08 Å². The lowest BCUT2D eigenvalue weighted by Gasteiger charge is -2.65. The minimum atomic E-state index is -0.236. The molecule has 4 nitrogen and oxygen atoms in total. The Morgan fingerprint density at radius 1 is 0.925 bits per heavy atom. The third-order valence-corrected chi connectivity index (χ3v) is 10.4. The monoisotopic (exact) mass is 533 g/mol. The molecule has 5 aliphatic rings. The third-order valence-electron chi connectivity index (χ3n) is 10.4. The highest BCUT2D eigenvalue weighted by Gasteiger charge is 2.72. The van der Waals surface area contributed by atoms with Crippen molar-refractivity contribution in [1.82, 2.24) is 4.90 Å². The van der Waals surface area contributed by atoms with Gasteiger partial charge < -0.3 is 14.2 Å². The summed E-state index contributed by atoms with van der Waals surface area (Å²) < 4.78 is 20.7. The van der Waals surface area contributed by atoms with Crippen molar-refractivity contribution in [2.75, 3.05) is 19.7 Å². The van der Waals surface area contributed by atoms with Gasteiger partial charge in [-0.05, 0) is 80.2 Å². The molecule has 2 unspecified atom stereocenters. The lowest BCUT2D eigenvalue weighted by atomic mass is 9.49. The van der Waals surface area contributed by atoms with Crippen LogP contribution in [0.25, 0.3) is 6.08 Å². The number of nitrogens with zero attached hydrogens (tertiary/aromatic N) is 1. The zero-order valence-corrected chi connectivity index (χ0v) is 23.3. The van der Waals surface area contributed by atoms with Crippen molar-refractivity contribution in [3.8, 4) is 11.5 Å². The van der Waals surface area contributed by atoms with Gasteiger partial charge in [-0.25, -0.2) is 0 Å². The smallest absolute Gasteiger partial charge is 0.165 e. The first-order chi connectivity index (χ1) is 19.8. The molecule has 0 aromatic heterocycles. The van der Waals surface area contributed by atoms with Gasteiger partial charge in [0.25, 0.3) is 0 Å². The molecule has 0 N–H and O–H groups in total. The summed E-state index contributed by atoms with van der Waals surface area (Å²) in [5.41, 5.74) is 4.93. The fourth-order valence-electron chi connectivity index (χ4n) is 8.52. The molecule has 3 aromatic carbocycles. The summed E-state index contributed by atoms with van der Waals surface area (Å²) in [5, 5.41) is 0. The van der Waals surface area contributed by atoms with Gasteiger partial charge in [0.2, 0.25) is 0 Å². The van der Waals surface area contributed by atoms with Crippen LogP contribution in [0.2, 0.25) is 0 Å². The number of hydrogen-bond donors (Lipinski definition) is 0. The number of ether oxygens (including phenoxy) is 3. The van der Waals surface area contributed by atoms with Crippen molar-refractivity contribution < 1.29 is 14.2 Å². The normalized spacial score (nSPS) is 30.2. The number of likely N-dealkylation sites (tertiary alicyclic amines) is 1.